The van der Waals surface area contributed by atoms with Crippen LogP contribution in [-0.4, -0.2) is 52.9 Å². The van der Waals surface area contributed by atoms with Gasteiger partial charge in [-0.15, -0.1) is 0 Å². The molecular formula is C29H29F2N3O3. The number of likely N-dealkylation sites (tertiary alicyclic amines) is 1. The van der Waals surface area contributed by atoms with E-state index in [-0.39, 0.29) is 17.9 Å². The number of carbonyl (C=O) groups is 2. The first-order valence-corrected chi connectivity index (χ1v) is 12.5. The van der Waals surface area contributed by atoms with Crippen molar-refractivity contribution in [1.29, 1.82) is 0 Å². The number of benzene rings is 3. The van der Waals surface area contributed by atoms with Gasteiger partial charge in [0.1, 0.15) is 11.4 Å². The van der Waals surface area contributed by atoms with Crippen LogP contribution < -0.4 is 5.32 Å². The predicted octanol–water partition coefficient (Wildman–Crippen LogP) is 4.69. The van der Waals surface area contributed by atoms with Gasteiger partial charge in [0.2, 0.25) is 5.91 Å². The minimum Gasteiger partial charge on any atom is -0.505 e. The van der Waals surface area contributed by atoms with Gasteiger partial charge in [-0.2, -0.15) is 0 Å². The van der Waals surface area contributed by atoms with Gasteiger partial charge in [0.05, 0.1) is 6.04 Å². The van der Waals surface area contributed by atoms with Crippen LogP contribution in [0.5, 0.6) is 5.75 Å². The fourth-order valence-corrected chi connectivity index (χ4v) is 5.32. The van der Waals surface area contributed by atoms with Crippen LogP contribution in [0.15, 0.2) is 60.7 Å². The highest BCUT2D eigenvalue weighted by atomic mass is 19.1. The van der Waals surface area contributed by atoms with Crippen molar-refractivity contribution < 1.29 is 23.5 Å². The smallest absolute Gasteiger partial charge is 0.259 e. The normalized spacial score (nSPS) is 18.4. The van der Waals surface area contributed by atoms with Crippen molar-refractivity contribution in [3.8, 4) is 5.75 Å². The van der Waals surface area contributed by atoms with Gasteiger partial charge < -0.3 is 15.3 Å². The molecule has 2 N–H and O–H groups in total. The van der Waals surface area contributed by atoms with E-state index < -0.39 is 28.9 Å². The Morgan fingerprint density at radius 2 is 1.62 bits per heavy atom. The summed E-state index contributed by atoms with van der Waals surface area (Å²) in [5, 5.41) is 12.6. The van der Waals surface area contributed by atoms with Gasteiger partial charge in [0, 0.05) is 25.3 Å². The van der Waals surface area contributed by atoms with Crippen LogP contribution in [0.25, 0.3) is 0 Å². The van der Waals surface area contributed by atoms with E-state index in [1.807, 2.05) is 43.4 Å². The molecule has 2 aliphatic rings. The van der Waals surface area contributed by atoms with Crippen LogP contribution in [0, 0.1) is 11.6 Å². The van der Waals surface area contributed by atoms with Gasteiger partial charge in [-0.25, -0.2) is 8.78 Å². The van der Waals surface area contributed by atoms with E-state index in [1.54, 1.807) is 0 Å². The summed E-state index contributed by atoms with van der Waals surface area (Å²) < 4.78 is 28.3. The van der Waals surface area contributed by atoms with Crippen molar-refractivity contribution in [2.45, 2.75) is 37.8 Å². The Bertz CT molecular complexity index is 1320. The molecule has 0 radical (unpaired) electrons. The number of nitrogens with one attached hydrogen (secondary N) is 1. The molecule has 2 aliphatic heterocycles. The third-order valence-electron chi connectivity index (χ3n) is 7.50. The summed E-state index contributed by atoms with van der Waals surface area (Å²) >= 11 is 0. The van der Waals surface area contributed by atoms with E-state index in [0.29, 0.717) is 32.4 Å². The molecule has 6 nitrogen and oxygen atoms in total. The van der Waals surface area contributed by atoms with E-state index in [2.05, 4.69) is 22.3 Å². The van der Waals surface area contributed by atoms with Crippen molar-refractivity contribution in [2.75, 3.05) is 25.5 Å². The van der Waals surface area contributed by atoms with Crippen molar-refractivity contribution >= 4 is 17.5 Å². The van der Waals surface area contributed by atoms with Gasteiger partial charge >= 0.3 is 0 Å². The number of fused-ring (bicyclic) bond motifs is 1. The molecule has 3 aromatic carbocycles. The average Bonchev–Trinajstić information content (AvgIpc) is 2.91. The standard InChI is InChI=1S/C29H29F2N3O3/c1-33-17-21-5-3-2-4-20(21)16-24(33)28(36)32-22-8-6-18(7-9-22)19-12-14-34(15-13-19)29(37)26-23(30)10-11-25(35)27(26)31/h2-11,19,24,35H,12-17H2,1H3,(H,32,36). The lowest BCUT2D eigenvalue weighted by atomic mass is 9.89. The molecule has 0 aliphatic carbocycles. The zero-order valence-electron chi connectivity index (χ0n) is 20.6. The molecule has 2 amide bonds. The molecule has 2 heterocycles. The topological polar surface area (TPSA) is 72.9 Å². The molecule has 1 unspecified atom stereocenters. The second kappa shape index (κ2) is 10.3. The zero-order valence-corrected chi connectivity index (χ0v) is 20.6. The molecule has 5 rings (SSSR count). The summed E-state index contributed by atoms with van der Waals surface area (Å²) in [6.07, 6.45) is 1.96. The van der Waals surface area contributed by atoms with E-state index in [1.165, 1.54) is 16.0 Å². The van der Waals surface area contributed by atoms with Crippen LogP contribution in [-0.2, 0) is 17.8 Å². The maximum Gasteiger partial charge on any atom is 0.259 e. The minimum atomic E-state index is -1.23. The SMILES string of the molecule is CN1Cc2ccccc2CC1C(=O)Nc1ccc(C2CCN(C(=O)c3c(F)ccc(O)c3F)CC2)cc1. The van der Waals surface area contributed by atoms with Gasteiger partial charge in [-0.3, -0.25) is 14.5 Å². The number of halogens is 2. The number of phenolic OH excluding ortho intramolecular Hbond substituents is 1. The second-order valence-corrected chi connectivity index (χ2v) is 9.84. The summed E-state index contributed by atoms with van der Waals surface area (Å²) in [6, 6.07) is 17.5. The van der Waals surface area contributed by atoms with Crippen LogP contribution in [0.2, 0.25) is 0 Å². The van der Waals surface area contributed by atoms with E-state index in [9.17, 15) is 23.5 Å². The summed E-state index contributed by atoms with van der Waals surface area (Å²) in [6.45, 7) is 1.44. The fraction of sp³-hybridized carbons (Fsp3) is 0.310. The fourth-order valence-electron chi connectivity index (χ4n) is 5.32. The summed E-state index contributed by atoms with van der Waals surface area (Å²) in [5.74, 6) is -3.56. The van der Waals surface area contributed by atoms with Crippen LogP contribution in [0.1, 0.15) is 45.8 Å². The number of amides is 2. The largest absolute Gasteiger partial charge is 0.505 e. The molecule has 1 fully saturated rings. The van der Waals surface area contributed by atoms with Gasteiger partial charge in [0.15, 0.2) is 11.6 Å². The van der Waals surface area contributed by atoms with Crippen LogP contribution in [0.4, 0.5) is 14.5 Å². The third kappa shape index (κ3) is 5.06. The average molecular weight is 506 g/mol. The van der Waals surface area contributed by atoms with Crippen LogP contribution >= 0.6 is 0 Å². The van der Waals surface area contributed by atoms with Gasteiger partial charge in [-0.05, 0) is 73.2 Å². The molecule has 0 spiro atoms. The first-order chi connectivity index (χ1) is 17.8. The summed E-state index contributed by atoms with van der Waals surface area (Å²) in [4.78, 5) is 29.2. The molecular weight excluding hydrogens is 476 g/mol. The molecule has 1 atom stereocenters. The predicted molar refractivity (Wildman–Crippen MR) is 136 cm³/mol. The number of anilines is 1. The van der Waals surface area contributed by atoms with Gasteiger partial charge in [0.25, 0.3) is 5.91 Å². The Hall–Kier alpha value is -3.78. The first kappa shape index (κ1) is 24.9. The van der Waals surface area contributed by atoms with Gasteiger partial charge in [-0.1, -0.05) is 36.4 Å². The quantitative estimate of drug-likeness (QED) is 0.540. The van der Waals surface area contributed by atoms with E-state index in [0.717, 1.165) is 29.9 Å². The molecule has 8 heteroatoms. The van der Waals surface area contributed by atoms with E-state index in [4.69, 9.17) is 0 Å². The Labute approximate surface area is 214 Å². The number of hydrogen-bond acceptors (Lipinski definition) is 4. The van der Waals surface area contributed by atoms with Crippen molar-refractivity contribution in [1.82, 2.24) is 9.80 Å². The lowest BCUT2D eigenvalue weighted by Gasteiger charge is -2.33. The summed E-state index contributed by atoms with van der Waals surface area (Å²) in [7, 11) is 1.96. The molecule has 0 aromatic heterocycles. The monoisotopic (exact) mass is 505 g/mol. The minimum absolute atomic E-state index is 0.0389. The second-order valence-electron chi connectivity index (χ2n) is 9.84. The number of piperidine rings is 1. The highest BCUT2D eigenvalue weighted by molar-refractivity contribution is 5.96. The molecule has 192 valence electrons. The number of phenols is 1. The number of aromatic hydroxyl groups is 1. The number of likely N-dealkylation sites (N-methyl/N-ethyl adjacent to an activating group) is 1. The van der Waals surface area contributed by atoms with Crippen molar-refractivity contribution in [2.24, 2.45) is 0 Å². The molecule has 0 bridgehead atoms. The molecule has 3 aromatic rings. The highest BCUT2D eigenvalue weighted by Crippen LogP contribution is 2.31. The Balaban J connectivity index is 1.18. The number of hydrogen-bond donors (Lipinski definition) is 2. The lowest BCUT2D eigenvalue weighted by molar-refractivity contribution is -0.121. The van der Waals surface area contributed by atoms with Crippen molar-refractivity contribution in [3.05, 3.63) is 94.6 Å². The number of nitrogens with zero attached hydrogens (tertiary/aromatic N) is 2. The molecule has 37 heavy (non-hydrogen) atoms. The first-order valence-electron chi connectivity index (χ1n) is 12.5. The maximum atomic E-state index is 14.2. The molecule has 1 saturated heterocycles. The lowest BCUT2D eigenvalue weighted by Crippen LogP contribution is -2.45. The Morgan fingerprint density at radius 1 is 0.946 bits per heavy atom. The maximum absolute atomic E-state index is 14.2. The van der Waals surface area contributed by atoms with Crippen LogP contribution in [0.3, 0.4) is 0 Å². The Kier molecular flexibility index (Phi) is 6.93. The van der Waals surface area contributed by atoms with E-state index >= 15 is 0 Å². The highest BCUT2D eigenvalue weighted by Gasteiger charge is 2.30. The molecule has 0 saturated carbocycles. The third-order valence-corrected chi connectivity index (χ3v) is 7.50. The number of carbonyl (C=O) groups excluding carboxylic acids is 2. The van der Waals surface area contributed by atoms with Crippen molar-refractivity contribution in [3.63, 3.8) is 0 Å². The zero-order chi connectivity index (χ0) is 26.1. The summed E-state index contributed by atoms with van der Waals surface area (Å²) in [5.41, 5.74) is 3.55. The number of rotatable bonds is 4. The Morgan fingerprint density at radius 3 is 2.32 bits per heavy atom.